The molecule has 1 fully saturated rings. The highest BCUT2D eigenvalue weighted by Gasteiger charge is 2.36. The average molecular weight is 295 g/mol. The SMILES string of the molecule is CC(C)C(=O)N1CCN(c2ccccc2Cl)C(=O)C1C. The minimum absolute atomic E-state index is 0.0182. The van der Waals surface area contributed by atoms with E-state index in [9.17, 15) is 9.59 Å². The summed E-state index contributed by atoms with van der Waals surface area (Å²) in [5.74, 6) is -0.167. The first kappa shape index (κ1) is 14.9. The predicted octanol–water partition coefficient (Wildman–Crippen LogP) is 2.56. The summed E-state index contributed by atoms with van der Waals surface area (Å²) in [5, 5.41) is 0.552. The van der Waals surface area contributed by atoms with Crippen LogP contribution in [0.5, 0.6) is 0 Å². The molecular weight excluding hydrogens is 276 g/mol. The van der Waals surface area contributed by atoms with Gasteiger partial charge in [-0.1, -0.05) is 37.6 Å². The van der Waals surface area contributed by atoms with Crippen LogP contribution >= 0.6 is 11.6 Å². The highest BCUT2D eigenvalue weighted by Crippen LogP contribution is 2.28. The molecule has 1 aliphatic heterocycles. The second kappa shape index (κ2) is 5.83. The Bertz CT molecular complexity index is 530. The molecule has 0 aromatic heterocycles. The van der Waals surface area contributed by atoms with Gasteiger partial charge in [0, 0.05) is 19.0 Å². The number of nitrogens with zero attached hydrogens (tertiary/aromatic N) is 2. The monoisotopic (exact) mass is 294 g/mol. The molecule has 1 heterocycles. The molecule has 1 saturated heterocycles. The van der Waals surface area contributed by atoms with Crippen molar-refractivity contribution >= 4 is 29.1 Å². The molecule has 1 atom stereocenters. The van der Waals surface area contributed by atoms with E-state index >= 15 is 0 Å². The van der Waals surface area contributed by atoms with Crippen LogP contribution in [0.2, 0.25) is 5.02 Å². The van der Waals surface area contributed by atoms with E-state index in [0.717, 1.165) is 0 Å². The summed E-state index contributed by atoms with van der Waals surface area (Å²) in [7, 11) is 0. The number of halogens is 1. The van der Waals surface area contributed by atoms with Gasteiger partial charge in [-0.3, -0.25) is 9.59 Å². The summed E-state index contributed by atoms with van der Waals surface area (Å²) >= 11 is 6.15. The van der Waals surface area contributed by atoms with Crippen LogP contribution in [0.4, 0.5) is 5.69 Å². The molecule has 1 aromatic rings. The molecule has 0 N–H and O–H groups in total. The van der Waals surface area contributed by atoms with Crippen molar-refractivity contribution in [3.05, 3.63) is 29.3 Å². The number of carbonyl (C=O) groups is 2. The molecule has 20 heavy (non-hydrogen) atoms. The predicted molar refractivity (Wildman–Crippen MR) is 79.8 cm³/mol. The Morgan fingerprint density at radius 1 is 1.30 bits per heavy atom. The van der Waals surface area contributed by atoms with Gasteiger partial charge in [0.15, 0.2) is 0 Å². The Labute approximate surface area is 124 Å². The normalized spacial score (nSPS) is 19.6. The number of benzene rings is 1. The first-order chi connectivity index (χ1) is 9.43. The lowest BCUT2D eigenvalue weighted by Gasteiger charge is -2.40. The van der Waals surface area contributed by atoms with Crippen LogP contribution in [-0.4, -0.2) is 35.8 Å². The highest BCUT2D eigenvalue weighted by atomic mass is 35.5. The zero-order valence-electron chi connectivity index (χ0n) is 12.0. The molecule has 1 unspecified atom stereocenters. The molecule has 4 nitrogen and oxygen atoms in total. The van der Waals surface area contributed by atoms with Gasteiger partial charge < -0.3 is 9.80 Å². The third kappa shape index (κ3) is 2.66. The number of carbonyl (C=O) groups excluding carboxylic acids is 2. The fourth-order valence-corrected chi connectivity index (χ4v) is 2.65. The number of hydrogen-bond acceptors (Lipinski definition) is 2. The topological polar surface area (TPSA) is 40.6 Å². The van der Waals surface area contributed by atoms with E-state index in [-0.39, 0.29) is 17.7 Å². The zero-order chi connectivity index (χ0) is 14.9. The highest BCUT2D eigenvalue weighted by molar-refractivity contribution is 6.33. The maximum atomic E-state index is 12.5. The quantitative estimate of drug-likeness (QED) is 0.841. The standard InChI is InChI=1S/C15H19ClN2O2/c1-10(2)14(19)17-8-9-18(15(20)11(17)3)13-7-5-4-6-12(13)16/h4-7,10-11H,8-9H2,1-3H3. The fraction of sp³-hybridized carbons (Fsp3) is 0.467. The van der Waals surface area contributed by atoms with Gasteiger partial charge in [-0.2, -0.15) is 0 Å². The van der Waals surface area contributed by atoms with Crippen LogP contribution in [-0.2, 0) is 9.59 Å². The van der Waals surface area contributed by atoms with Crippen molar-refractivity contribution in [1.29, 1.82) is 0 Å². The second-order valence-corrected chi connectivity index (χ2v) is 5.71. The van der Waals surface area contributed by atoms with Crippen LogP contribution in [0.15, 0.2) is 24.3 Å². The first-order valence-electron chi connectivity index (χ1n) is 6.80. The van der Waals surface area contributed by atoms with E-state index in [1.807, 2.05) is 32.0 Å². The molecule has 1 aliphatic rings. The van der Waals surface area contributed by atoms with E-state index in [2.05, 4.69) is 0 Å². The maximum Gasteiger partial charge on any atom is 0.249 e. The van der Waals surface area contributed by atoms with Gasteiger partial charge in [0.05, 0.1) is 10.7 Å². The molecule has 0 radical (unpaired) electrons. The minimum Gasteiger partial charge on any atom is -0.329 e. The molecule has 108 valence electrons. The molecule has 2 amide bonds. The van der Waals surface area contributed by atoms with Gasteiger partial charge in [-0.25, -0.2) is 0 Å². The Morgan fingerprint density at radius 3 is 2.55 bits per heavy atom. The maximum absolute atomic E-state index is 12.5. The number of piperazine rings is 1. The summed E-state index contributed by atoms with van der Waals surface area (Å²) in [6, 6.07) is 6.83. The molecule has 0 aliphatic carbocycles. The second-order valence-electron chi connectivity index (χ2n) is 5.30. The van der Waals surface area contributed by atoms with Crippen molar-refractivity contribution in [1.82, 2.24) is 4.90 Å². The molecular formula is C15H19ClN2O2. The molecule has 1 aromatic carbocycles. The Hall–Kier alpha value is -1.55. The zero-order valence-corrected chi connectivity index (χ0v) is 12.7. The van der Waals surface area contributed by atoms with Crippen LogP contribution < -0.4 is 4.90 Å². The van der Waals surface area contributed by atoms with Gasteiger partial charge in [0.25, 0.3) is 0 Å². The van der Waals surface area contributed by atoms with Crippen molar-refractivity contribution < 1.29 is 9.59 Å². The third-order valence-electron chi connectivity index (χ3n) is 3.58. The van der Waals surface area contributed by atoms with Crippen molar-refractivity contribution in [2.45, 2.75) is 26.8 Å². The average Bonchev–Trinajstić information content (AvgIpc) is 2.42. The summed E-state index contributed by atoms with van der Waals surface area (Å²) in [5.41, 5.74) is 0.711. The van der Waals surface area contributed by atoms with Crippen molar-refractivity contribution in [2.75, 3.05) is 18.0 Å². The minimum atomic E-state index is -0.449. The third-order valence-corrected chi connectivity index (χ3v) is 3.90. The Kier molecular flexibility index (Phi) is 4.33. The van der Waals surface area contributed by atoms with E-state index in [0.29, 0.717) is 23.8 Å². The number of anilines is 1. The lowest BCUT2D eigenvalue weighted by molar-refractivity contribution is -0.143. The molecule has 2 rings (SSSR count). The van der Waals surface area contributed by atoms with Crippen LogP contribution in [0, 0.1) is 5.92 Å². The lowest BCUT2D eigenvalue weighted by atomic mass is 10.1. The number of amides is 2. The van der Waals surface area contributed by atoms with Gasteiger partial charge in [0.1, 0.15) is 6.04 Å². The smallest absolute Gasteiger partial charge is 0.249 e. The number of para-hydroxylation sites is 1. The van der Waals surface area contributed by atoms with Crippen molar-refractivity contribution in [3.8, 4) is 0 Å². The van der Waals surface area contributed by atoms with E-state index in [1.54, 1.807) is 22.8 Å². The van der Waals surface area contributed by atoms with Gasteiger partial charge in [-0.05, 0) is 19.1 Å². The molecule has 5 heteroatoms. The van der Waals surface area contributed by atoms with E-state index in [4.69, 9.17) is 11.6 Å². The largest absolute Gasteiger partial charge is 0.329 e. The first-order valence-corrected chi connectivity index (χ1v) is 7.17. The summed E-state index contributed by atoms with van der Waals surface area (Å²) < 4.78 is 0. The van der Waals surface area contributed by atoms with E-state index in [1.165, 1.54) is 0 Å². The van der Waals surface area contributed by atoms with Gasteiger partial charge in [0.2, 0.25) is 11.8 Å². The van der Waals surface area contributed by atoms with Crippen molar-refractivity contribution in [2.24, 2.45) is 5.92 Å². The number of hydrogen-bond donors (Lipinski definition) is 0. The van der Waals surface area contributed by atoms with Crippen molar-refractivity contribution in [3.63, 3.8) is 0 Å². The molecule has 0 bridgehead atoms. The lowest BCUT2D eigenvalue weighted by Crippen LogP contribution is -2.58. The van der Waals surface area contributed by atoms with Crippen LogP contribution in [0.25, 0.3) is 0 Å². The fourth-order valence-electron chi connectivity index (χ4n) is 2.41. The number of rotatable bonds is 2. The van der Waals surface area contributed by atoms with E-state index < -0.39 is 6.04 Å². The molecule has 0 saturated carbocycles. The Morgan fingerprint density at radius 2 is 1.95 bits per heavy atom. The van der Waals surface area contributed by atoms with Gasteiger partial charge in [-0.15, -0.1) is 0 Å². The van der Waals surface area contributed by atoms with Crippen LogP contribution in [0.3, 0.4) is 0 Å². The summed E-state index contributed by atoms with van der Waals surface area (Å²) in [6.07, 6.45) is 0. The summed E-state index contributed by atoms with van der Waals surface area (Å²) in [4.78, 5) is 27.9. The Balaban J connectivity index is 2.22. The van der Waals surface area contributed by atoms with Gasteiger partial charge >= 0.3 is 0 Å². The van der Waals surface area contributed by atoms with Crippen LogP contribution in [0.1, 0.15) is 20.8 Å². The molecule has 0 spiro atoms. The summed E-state index contributed by atoms with van der Waals surface area (Å²) in [6.45, 7) is 6.48.